The summed E-state index contributed by atoms with van der Waals surface area (Å²) >= 11 is 1.49. The molecule has 3 heterocycles. The molecule has 1 atom stereocenters. The number of aromatic nitrogens is 3. The van der Waals surface area contributed by atoms with Crippen LogP contribution in [0.3, 0.4) is 0 Å². The molecule has 3 rings (SSSR count). The van der Waals surface area contributed by atoms with Gasteiger partial charge < -0.3 is 0 Å². The molecule has 130 valence electrons. The van der Waals surface area contributed by atoms with Gasteiger partial charge in [0.15, 0.2) is 5.13 Å². The summed E-state index contributed by atoms with van der Waals surface area (Å²) in [5.74, 6) is 0.102. The van der Waals surface area contributed by atoms with Crippen LogP contribution in [-0.4, -0.2) is 51.8 Å². The number of aryl methyl sites for hydroxylation is 2. The highest BCUT2D eigenvalue weighted by molar-refractivity contribution is 7.13. The molecule has 24 heavy (non-hydrogen) atoms. The van der Waals surface area contributed by atoms with E-state index in [1.807, 2.05) is 12.3 Å². The van der Waals surface area contributed by atoms with E-state index in [0.717, 1.165) is 36.8 Å². The summed E-state index contributed by atoms with van der Waals surface area (Å²) in [6.07, 6.45) is 5.22. The van der Waals surface area contributed by atoms with Crippen LogP contribution >= 0.6 is 11.3 Å². The van der Waals surface area contributed by atoms with Crippen molar-refractivity contribution in [3.05, 3.63) is 29.0 Å². The minimum Gasteiger partial charge on any atom is -0.290 e. The summed E-state index contributed by atoms with van der Waals surface area (Å²) in [4.78, 5) is 20.8. The van der Waals surface area contributed by atoms with Crippen LogP contribution in [0.2, 0.25) is 0 Å². The van der Waals surface area contributed by atoms with Crippen molar-refractivity contribution in [1.82, 2.24) is 19.7 Å². The molecule has 0 aliphatic carbocycles. The Morgan fingerprint density at radius 3 is 2.92 bits per heavy atom. The summed E-state index contributed by atoms with van der Waals surface area (Å²) < 4.78 is 2.08. The van der Waals surface area contributed by atoms with Crippen molar-refractivity contribution in [2.45, 2.75) is 45.7 Å². The Kier molecular flexibility index (Phi) is 5.30. The molecule has 2 aromatic rings. The molecule has 6 nitrogen and oxygen atoms in total. The number of hydrogen-bond donors (Lipinski definition) is 0. The average Bonchev–Trinajstić information content (AvgIpc) is 3.19. The summed E-state index contributed by atoms with van der Waals surface area (Å²) in [6, 6.07) is 2.47. The third-order valence-electron chi connectivity index (χ3n) is 4.65. The minimum atomic E-state index is 0.102. The van der Waals surface area contributed by atoms with Gasteiger partial charge in [0.1, 0.15) is 0 Å². The van der Waals surface area contributed by atoms with Crippen molar-refractivity contribution in [3.63, 3.8) is 0 Å². The lowest BCUT2D eigenvalue weighted by Gasteiger charge is -2.36. The summed E-state index contributed by atoms with van der Waals surface area (Å²) in [5, 5.41) is 7.23. The van der Waals surface area contributed by atoms with Crippen LogP contribution < -0.4 is 4.90 Å². The first kappa shape index (κ1) is 17.1. The number of amides is 1. The average molecular weight is 347 g/mol. The van der Waals surface area contributed by atoms with Gasteiger partial charge in [-0.2, -0.15) is 5.10 Å². The third kappa shape index (κ3) is 3.84. The molecule has 1 saturated heterocycles. The van der Waals surface area contributed by atoms with E-state index in [1.165, 1.54) is 23.5 Å². The number of piperidine rings is 1. The third-order valence-corrected chi connectivity index (χ3v) is 5.50. The molecule has 1 aliphatic rings. The van der Waals surface area contributed by atoms with Crippen molar-refractivity contribution in [2.24, 2.45) is 0 Å². The van der Waals surface area contributed by atoms with E-state index >= 15 is 0 Å². The fourth-order valence-corrected chi connectivity index (χ4v) is 3.93. The maximum Gasteiger partial charge on any atom is 0.242 e. The van der Waals surface area contributed by atoms with Gasteiger partial charge in [-0.15, -0.1) is 11.3 Å². The highest BCUT2D eigenvalue weighted by Crippen LogP contribution is 2.21. The lowest BCUT2D eigenvalue weighted by molar-refractivity contribution is -0.120. The Balaban J connectivity index is 1.66. The monoisotopic (exact) mass is 347 g/mol. The van der Waals surface area contributed by atoms with Crippen molar-refractivity contribution in [2.75, 3.05) is 25.0 Å². The van der Waals surface area contributed by atoms with Gasteiger partial charge in [0.05, 0.1) is 18.8 Å². The first-order chi connectivity index (χ1) is 11.5. The Morgan fingerprint density at radius 1 is 1.42 bits per heavy atom. The molecular weight excluding hydrogens is 322 g/mol. The van der Waals surface area contributed by atoms with Gasteiger partial charge in [-0.1, -0.05) is 6.42 Å². The summed E-state index contributed by atoms with van der Waals surface area (Å²) in [6.45, 7) is 6.39. The lowest BCUT2D eigenvalue weighted by atomic mass is 10.0. The fraction of sp³-hybridized carbons (Fsp3) is 0.588. The summed E-state index contributed by atoms with van der Waals surface area (Å²) in [5.41, 5.74) is 2.23. The fourth-order valence-electron chi connectivity index (χ4n) is 3.30. The van der Waals surface area contributed by atoms with Crippen LogP contribution in [0.4, 0.5) is 5.13 Å². The number of hydrogen-bond acceptors (Lipinski definition) is 5. The van der Waals surface area contributed by atoms with Crippen molar-refractivity contribution in [3.8, 4) is 0 Å². The Labute approximate surface area is 147 Å². The second-order valence-corrected chi connectivity index (χ2v) is 7.37. The smallest absolute Gasteiger partial charge is 0.242 e. The van der Waals surface area contributed by atoms with Gasteiger partial charge in [-0.05, 0) is 39.3 Å². The maximum absolute atomic E-state index is 12.6. The van der Waals surface area contributed by atoms with Gasteiger partial charge >= 0.3 is 0 Å². The number of anilines is 1. The number of likely N-dealkylation sites (tertiary alicyclic amines) is 1. The highest BCUT2D eigenvalue weighted by Gasteiger charge is 2.27. The van der Waals surface area contributed by atoms with E-state index in [9.17, 15) is 4.79 Å². The number of carbonyl (C=O) groups is 1. The van der Waals surface area contributed by atoms with Gasteiger partial charge in [0.25, 0.3) is 0 Å². The van der Waals surface area contributed by atoms with E-state index in [0.29, 0.717) is 12.6 Å². The van der Waals surface area contributed by atoms with Crippen LogP contribution in [0.15, 0.2) is 17.6 Å². The number of nitrogens with zero attached hydrogens (tertiary/aromatic N) is 5. The van der Waals surface area contributed by atoms with Gasteiger partial charge in [0, 0.05) is 30.4 Å². The second kappa shape index (κ2) is 7.44. The van der Waals surface area contributed by atoms with E-state index in [2.05, 4.69) is 32.7 Å². The predicted molar refractivity (Wildman–Crippen MR) is 96.4 cm³/mol. The van der Waals surface area contributed by atoms with E-state index in [4.69, 9.17) is 0 Å². The number of thiazole rings is 1. The normalized spacial score (nSPS) is 18.7. The topological polar surface area (TPSA) is 54.3 Å². The number of carbonyl (C=O) groups excluding carboxylic acids is 1. The zero-order valence-electron chi connectivity index (χ0n) is 14.6. The lowest BCUT2D eigenvalue weighted by Crippen LogP contribution is -2.47. The first-order valence-corrected chi connectivity index (χ1v) is 9.33. The van der Waals surface area contributed by atoms with Crippen LogP contribution in [0.5, 0.6) is 0 Å². The molecule has 0 radical (unpaired) electrons. The molecule has 7 heteroatoms. The number of likely N-dealkylation sites (N-methyl/N-ethyl adjacent to an activating group) is 1. The molecule has 0 spiro atoms. The SMILES string of the molecule is Cc1cc(C)n(C[C@@H]2CCCCN2CC(=O)N(C)c2nccs2)n1. The molecule has 0 N–H and O–H groups in total. The Morgan fingerprint density at radius 2 is 2.25 bits per heavy atom. The second-order valence-electron chi connectivity index (χ2n) is 6.50. The predicted octanol–water partition coefficient (Wildman–Crippen LogP) is 2.47. The van der Waals surface area contributed by atoms with Crippen LogP contribution in [0, 0.1) is 13.8 Å². The molecule has 0 aromatic carbocycles. The summed E-state index contributed by atoms with van der Waals surface area (Å²) in [7, 11) is 1.81. The van der Waals surface area contributed by atoms with Crippen molar-refractivity contribution >= 4 is 22.4 Å². The quantitative estimate of drug-likeness (QED) is 0.834. The van der Waals surface area contributed by atoms with Crippen LogP contribution in [-0.2, 0) is 11.3 Å². The van der Waals surface area contributed by atoms with E-state index < -0.39 is 0 Å². The molecule has 1 fully saturated rings. The highest BCUT2D eigenvalue weighted by atomic mass is 32.1. The van der Waals surface area contributed by atoms with Gasteiger partial charge in [-0.3, -0.25) is 19.3 Å². The zero-order valence-corrected chi connectivity index (χ0v) is 15.4. The molecule has 0 unspecified atom stereocenters. The minimum absolute atomic E-state index is 0.102. The van der Waals surface area contributed by atoms with Gasteiger partial charge in [-0.25, -0.2) is 4.98 Å². The molecular formula is C17H25N5OS. The zero-order chi connectivity index (χ0) is 17.1. The maximum atomic E-state index is 12.6. The molecule has 0 bridgehead atoms. The largest absolute Gasteiger partial charge is 0.290 e. The first-order valence-electron chi connectivity index (χ1n) is 8.46. The Bertz CT molecular complexity index is 681. The van der Waals surface area contributed by atoms with Crippen LogP contribution in [0.1, 0.15) is 30.7 Å². The molecule has 2 aromatic heterocycles. The Hall–Kier alpha value is -1.73. The van der Waals surface area contributed by atoms with E-state index in [1.54, 1.807) is 18.1 Å². The van der Waals surface area contributed by atoms with Gasteiger partial charge in [0.2, 0.25) is 5.91 Å². The number of rotatable bonds is 5. The molecule has 0 saturated carbocycles. The molecule has 1 aliphatic heterocycles. The van der Waals surface area contributed by atoms with Crippen molar-refractivity contribution in [1.29, 1.82) is 0 Å². The standard InChI is InChI=1S/C17H25N5OS/c1-13-10-14(2)22(19-13)11-15-6-4-5-8-21(15)12-16(23)20(3)17-18-7-9-24-17/h7,9-10,15H,4-6,8,11-12H2,1-3H3/t15-/m0/s1. The van der Waals surface area contributed by atoms with Crippen LogP contribution in [0.25, 0.3) is 0 Å². The van der Waals surface area contributed by atoms with E-state index in [-0.39, 0.29) is 5.91 Å². The molecule has 1 amide bonds. The van der Waals surface area contributed by atoms with Crippen molar-refractivity contribution < 1.29 is 4.79 Å².